The standard InChI is InChI=1S/C46H49N9O6/c1-27(2)39(52-45(58)60-3)43(56)54-22-8-12-37(54)41-47-25-35(50-41)29-16-14-28(15-17-29)31-18-20-33-32(24-31)19-21-34(49-33)36-26-48-42(51-36)38-13-9-23-55(38)44(57)40(53-46(59)61-4)30-10-6-5-7-11-30/h5-7,10-11,14-21,24-27,37-40H,8-9,12-13,22-23H2,1-4H3,(H,47,50)(H,48,51)(H,52,58)(H,53,59)/t37-,38?,39-,40+/m0/s1. The van der Waals surface area contributed by atoms with Gasteiger partial charge in [0.15, 0.2) is 0 Å². The van der Waals surface area contributed by atoms with Gasteiger partial charge < -0.3 is 39.9 Å². The Kier molecular flexibility index (Phi) is 11.8. The van der Waals surface area contributed by atoms with E-state index in [1.165, 1.54) is 14.2 Å². The summed E-state index contributed by atoms with van der Waals surface area (Å²) in [7, 11) is 2.57. The van der Waals surface area contributed by atoms with Crippen LogP contribution < -0.4 is 10.6 Å². The lowest BCUT2D eigenvalue weighted by Gasteiger charge is -2.30. The molecule has 8 rings (SSSR count). The van der Waals surface area contributed by atoms with Crippen molar-refractivity contribution in [2.75, 3.05) is 27.3 Å². The van der Waals surface area contributed by atoms with E-state index in [-0.39, 0.29) is 29.8 Å². The van der Waals surface area contributed by atoms with Gasteiger partial charge in [0.1, 0.15) is 29.4 Å². The number of nitrogens with one attached hydrogen (secondary N) is 4. The number of H-pyrrole nitrogens is 2. The zero-order valence-electron chi connectivity index (χ0n) is 34.6. The fraction of sp³-hybridized carbons (Fsp3) is 0.326. The molecule has 1 unspecified atom stereocenters. The van der Waals surface area contributed by atoms with Gasteiger partial charge >= 0.3 is 12.2 Å². The molecule has 2 aliphatic heterocycles. The first-order valence-corrected chi connectivity index (χ1v) is 20.6. The van der Waals surface area contributed by atoms with Crippen molar-refractivity contribution < 1.29 is 28.7 Å². The van der Waals surface area contributed by atoms with E-state index in [2.05, 4.69) is 62.0 Å². The van der Waals surface area contributed by atoms with E-state index < -0.39 is 24.3 Å². The van der Waals surface area contributed by atoms with E-state index in [9.17, 15) is 19.2 Å². The first-order chi connectivity index (χ1) is 29.6. The minimum Gasteiger partial charge on any atom is -0.453 e. The number of amides is 4. The quantitative estimate of drug-likeness (QED) is 0.103. The van der Waals surface area contributed by atoms with Gasteiger partial charge in [-0.1, -0.05) is 80.6 Å². The van der Waals surface area contributed by atoms with E-state index in [0.717, 1.165) is 64.8 Å². The zero-order valence-corrected chi connectivity index (χ0v) is 34.6. The molecule has 0 bridgehead atoms. The average Bonchev–Trinajstić information content (AvgIpc) is 4.14. The normalized spacial score (nSPS) is 17.3. The summed E-state index contributed by atoms with van der Waals surface area (Å²) in [6, 6.07) is 25.5. The summed E-state index contributed by atoms with van der Waals surface area (Å²) in [5, 5.41) is 6.39. The van der Waals surface area contributed by atoms with Crippen LogP contribution in [0.15, 0.2) is 97.3 Å². The third-order valence-corrected chi connectivity index (χ3v) is 11.6. The predicted molar refractivity (Wildman–Crippen MR) is 229 cm³/mol. The van der Waals surface area contributed by atoms with Crippen molar-refractivity contribution in [1.82, 2.24) is 45.4 Å². The molecule has 3 aromatic carbocycles. The highest BCUT2D eigenvalue weighted by Crippen LogP contribution is 2.36. The highest BCUT2D eigenvalue weighted by Gasteiger charge is 2.39. The molecule has 4 N–H and O–H groups in total. The molecule has 314 valence electrons. The second-order valence-corrected chi connectivity index (χ2v) is 15.8. The number of rotatable bonds is 11. The molecule has 2 aliphatic rings. The second-order valence-electron chi connectivity index (χ2n) is 15.8. The SMILES string of the molecule is COC(=O)N[C@H](C(=O)N1CCC[C@H]1c1ncc(-c2ccc(-c3ccc4nc(-c5c[nH]c(C6CCCN6C(=O)[C@H](NC(=O)OC)c6ccccc6)n5)ccc4c3)cc2)[nH]1)C(C)C. The smallest absolute Gasteiger partial charge is 0.407 e. The van der Waals surface area contributed by atoms with Gasteiger partial charge in [-0.3, -0.25) is 9.59 Å². The van der Waals surface area contributed by atoms with Gasteiger partial charge in [-0.15, -0.1) is 0 Å². The maximum absolute atomic E-state index is 13.9. The van der Waals surface area contributed by atoms with Crippen molar-refractivity contribution >= 4 is 34.9 Å². The summed E-state index contributed by atoms with van der Waals surface area (Å²) in [6.07, 6.45) is 5.47. The third kappa shape index (κ3) is 8.54. The number of carbonyl (C=O) groups excluding carboxylic acids is 4. The number of nitrogens with zero attached hydrogens (tertiary/aromatic N) is 5. The number of hydrogen-bond donors (Lipinski definition) is 4. The molecule has 15 nitrogen and oxygen atoms in total. The molecule has 4 atom stereocenters. The van der Waals surface area contributed by atoms with Crippen LogP contribution in [0.25, 0.3) is 44.7 Å². The van der Waals surface area contributed by atoms with Crippen molar-refractivity contribution in [2.24, 2.45) is 5.92 Å². The van der Waals surface area contributed by atoms with Crippen LogP contribution in [-0.4, -0.2) is 92.1 Å². The number of methoxy groups -OCH3 is 2. The Bertz CT molecular complexity index is 2540. The van der Waals surface area contributed by atoms with Gasteiger partial charge in [0, 0.05) is 24.7 Å². The van der Waals surface area contributed by atoms with Crippen molar-refractivity contribution in [1.29, 1.82) is 0 Å². The fourth-order valence-electron chi connectivity index (χ4n) is 8.36. The minimum atomic E-state index is -0.894. The molecular weight excluding hydrogens is 775 g/mol. The number of imidazole rings is 2. The van der Waals surface area contributed by atoms with E-state index in [1.54, 1.807) is 16.0 Å². The van der Waals surface area contributed by atoms with Gasteiger partial charge in [-0.2, -0.15) is 0 Å². The number of alkyl carbamates (subject to hydrolysis) is 2. The Balaban J connectivity index is 0.943. The highest BCUT2D eigenvalue weighted by atomic mass is 16.5. The molecular formula is C46H49N9O6. The largest absolute Gasteiger partial charge is 0.453 e. The Labute approximate surface area is 353 Å². The lowest BCUT2D eigenvalue weighted by atomic mass is 10.0. The van der Waals surface area contributed by atoms with Crippen LogP contribution in [0.5, 0.6) is 0 Å². The monoisotopic (exact) mass is 823 g/mol. The molecule has 0 spiro atoms. The predicted octanol–water partition coefficient (Wildman–Crippen LogP) is 7.49. The Morgan fingerprint density at radius 3 is 2.08 bits per heavy atom. The fourth-order valence-corrected chi connectivity index (χ4v) is 8.36. The Morgan fingerprint density at radius 1 is 0.721 bits per heavy atom. The van der Waals surface area contributed by atoms with E-state index in [4.69, 9.17) is 19.4 Å². The van der Waals surface area contributed by atoms with Crippen LogP contribution in [0, 0.1) is 5.92 Å². The number of aromatic amines is 2. The maximum atomic E-state index is 13.9. The van der Waals surface area contributed by atoms with E-state index >= 15 is 0 Å². The molecule has 0 saturated carbocycles. The summed E-state index contributed by atoms with van der Waals surface area (Å²) in [5.41, 5.74) is 6.79. The number of likely N-dealkylation sites (tertiary alicyclic amines) is 2. The molecule has 4 amide bonds. The van der Waals surface area contributed by atoms with Gasteiger partial charge in [0.2, 0.25) is 5.91 Å². The van der Waals surface area contributed by atoms with Crippen LogP contribution in [0.3, 0.4) is 0 Å². The Morgan fingerprint density at radius 2 is 1.38 bits per heavy atom. The summed E-state index contributed by atoms with van der Waals surface area (Å²) in [5.74, 6) is 0.902. The van der Waals surface area contributed by atoms with Gasteiger partial charge in [0.05, 0.1) is 49.4 Å². The van der Waals surface area contributed by atoms with Crippen LogP contribution in [-0.2, 0) is 19.1 Å². The average molecular weight is 824 g/mol. The van der Waals surface area contributed by atoms with Crippen molar-refractivity contribution in [3.05, 3.63) is 115 Å². The Hall–Kier alpha value is -7.03. The summed E-state index contributed by atoms with van der Waals surface area (Å²) in [6.45, 7) is 4.93. The van der Waals surface area contributed by atoms with E-state index in [1.807, 2.05) is 68.6 Å². The first-order valence-electron chi connectivity index (χ1n) is 20.6. The molecule has 15 heteroatoms. The summed E-state index contributed by atoms with van der Waals surface area (Å²) >= 11 is 0. The number of fused-ring (bicyclic) bond motifs is 1. The van der Waals surface area contributed by atoms with Gasteiger partial charge in [-0.25, -0.2) is 24.5 Å². The first kappa shape index (κ1) is 40.7. The number of ether oxygens (including phenoxy) is 2. The molecule has 3 aromatic heterocycles. The molecule has 6 aromatic rings. The topological polar surface area (TPSA) is 188 Å². The number of benzene rings is 3. The maximum Gasteiger partial charge on any atom is 0.407 e. The van der Waals surface area contributed by atoms with Crippen LogP contribution >= 0.6 is 0 Å². The molecule has 0 radical (unpaired) electrons. The summed E-state index contributed by atoms with van der Waals surface area (Å²) < 4.78 is 9.59. The van der Waals surface area contributed by atoms with Crippen LogP contribution in [0.2, 0.25) is 0 Å². The number of hydrogen-bond acceptors (Lipinski definition) is 9. The lowest BCUT2D eigenvalue weighted by molar-refractivity contribution is -0.135. The zero-order chi connectivity index (χ0) is 42.6. The number of pyridine rings is 1. The molecule has 2 fully saturated rings. The summed E-state index contributed by atoms with van der Waals surface area (Å²) in [4.78, 5) is 76.6. The lowest BCUT2D eigenvalue weighted by Crippen LogP contribution is -2.51. The highest BCUT2D eigenvalue weighted by molar-refractivity contribution is 5.89. The third-order valence-electron chi connectivity index (χ3n) is 11.6. The molecule has 2 saturated heterocycles. The van der Waals surface area contributed by atoms with Crippen molar-refractivity contribution in [3.63, 3.8) is 0 Å². The van der Waals surface area contributed by atoms with Crippen LogP contribution in [0.1, 0.15) is 74.9 Å². The molecule has 5 heterocycles. The minimum absolute atomic E-state index is 0.111. The number of aromatic nitrogens is 5. The second kappa shape index (κ2) is 17.7. The van der Waals surface area contributed by atoms with E-state index in [0.29, 0.717) is 35.9 Å². The molecule has 0 aliphatic carbocycles. The van der Waals surface area contributed by atoms with Crippen molar-refractivity contribution in [2.45, 2.75) is 63.7 Å². The van der Waals surface area contributed by atoms with Crippen molar-refractivity contribution in [3.8, 4) is 33.8 Å². The number of carbonyl (C=O) groups is 4. The van der Waals surface area contributed by atoms with Gasteiger partial charge in [0.25, 0.3) is 5.91 Å². The van der Waals surface area contributed by atoms with Gasteiger partial charge in [-0.05, 0) is 72.1 Å². The molecule has 61 heavy (non-hydrogen) atoms. The van der Waals surface area contributed by atoms with Crippen LogP contribution in [0.4, 0.5) is 9.59 Å².